The summed E-state index contributed by atoms with van der Waals surface area (Å²) < 4.78 is 0. The monoisotopic (exact) mass is 489 g/mol. The molecule has 0 heterocycles. The second kappa shape index (κ2) is 13.0. The molecule has 4 N–H and O–H groups in total. The lowest BCUT2D eigenvalue weighted by molar-refractivity contribution is -0.140. The zero-order valence-corrected chi connectivity index (χ0v) is 21.7. The Morgan fingerprint density at radius 1 is 1.09 bits per heavy atom. The van der Waals surface area contributed by atoms with Gasteiger partial charge in [-0.15, -0.1) is 0 Å². The summed E-state index contributed by atoms with van der Waals surface area (Å²) in [7, 11) is 3.19. The van der Waals surface area contributed by atoms with Crippen molar-refractivity contribution in [3.05, 3.63) is 47.5 Å². The van der Waals surface area contributed by atoms with Crippen molar-refractivity contribution >= 4 is 23.8 Å². The third kappa shape index (κ3) is 8.20. The highest BCUT2D eigenvalue weighted by Gasteiger charge is 2.38. The fourth-order valence-electron chi connectivity index (χ4n) is 4.11. The summed E-state index contributed by atoms with van der Waals surface area (Å²) in [6.45, 7) is 8.98. The van der Waals surface area contributed by atoms with Crippen LogP contribution in [0.1, 0.15) is 53.0 Å². The lowest BCUT2D eigenvalue weighted by Gasteiger charge is -2.36. The van der Waals surface area contributed by atoms with E-state index >= 15 is 0 Å². The first kappa shape index (κ1) is 29.8. The molecule has 0 fully saturated rings. The number of carboxylic acid groups (broad SMARTS) is 2. The predicted molar refractivity (Wildman–Crippen MR) is 134 cm³/mol. The second-order valence-corrected chi connectivity index (χ2v) is 9.64. The molecule has 9 nitrogen and oxygen atoms in total. The van der Waals surface area contributed by atoms with E-state index in [0.29, 0.717) is 0 Å². The lowest BCUT2D eigenvalue weighted by Crippen LogP contribution is -2.58. The van der Waals surface area contributed by atoms with Gasteiger partial charge < -0.3 is 25.7 Å². The Labute approximate surface area is 207 Å². The third-order valence-electron chi connectivity index (χ3n) is 6.29. The molecular formula is C26H39N3O6. The number of carbonyl (C=O) groups is 4. The van der Waals surface area contributed by atoms with E-state index in [9.17, 15) is 29.4 Å². The SMILES string of the molecule is CN[C@H](C(=O)N[C@@H](CCC(=O)O)C(=O)N(C)[C@H](/C=C(\C)C(=O)O)C(C)C)C(C)(C)c1ccccc1. The van der Waals surface area contributed by atoms with E-state index in [0.717, 1.165) is 5.56 Å². The van der Waals surface area contributed by atoms with Gasteiger partial charge in [0.1, 0.15) is 6.04 Å². The molecular weight excluding hydrogens is 450 g/mol. The Morgan fingerprint density at radius 2 is 1.66 bits per heavy atom. The predicted octanol–water partition coefficient (Wildman–Crippen LogP) is 2.42. The van der Waals surface area contributed by atoms with Gasteiger partial charge in [-0.1, -0.05) is 64.1 Å². The Hall–Kier alpha value is -3.20. The lowest BCUT2D eigenvalue weighted by atomic mass is 9.77. The van der Waals surface area contributed by atoms with Gasteiger partial charge in [-0.05, 0) is 31.9 Å². The first-order valence-electron chi connectivity index (χ1n) is 11.7. The third-order valence-corrected chi connectivity index (χ3v) is 6.29. The zero-order valence-electron chi connectivity index (χ0n) is 21.7. The minimum absolute atomic E-state index is 0.0920. The van der Waals surface area contributed by atoms with Crippen LogP contribution in [0.2, 0.25) is 0 Å². The number of amides is 2. The highest BCUT2D eigenvalue weighted by atomic mass is 16.4. The van der Waals surface area contributed by atoms with Crippen molar-refractivity contribution < 1.29 is 29.4 Å². The average molecular weight is 490 g/mol. The molecule has 194 valence electrons. The number of benzene rings is 1. The van der Waals surface area contributed by atoms with Crippen LogP contribution >= 0.6 is 0 Å². The summed E-state index contributed by atoms with van der Waals surface area (Å²) >= 11 is 0. The fourth-order valence-corrected chi connectivity index (χ4v) is 4.11. The Balaban J connectivity index is 3.25. The van der Waals surface area contributed by atoms with Gasteiger partial charge in [0.2, 0.25) is 11.8 Å². The van der Waals surface area contributed by atoms with Crippen LogP contribution in [0.15, 0.2) is 42.0 Å². The standard InChI is InChI=1S/C26H39N3O6/c1-16(2)20(15-17(3)25(34)35)29(7)24(33)19(13-14-21(30)31)28-23(32)22(27-6)26(4,5)18-11-9-8-10-12-18/h8-12,15-16,19-20,22,27H,13-14H2,1-7H3,(H,28,32)(H,30,31)(H,34,35)/b17-15+/t19-,20+,22+/m0/s1. The minimum atomic E-state index is -1.09. The fraction of sp³-hybridized carbons (Fsp3) is 0.538. The summed E-state index contributed by atoms with van der Waals surface area (Å²) in [5, 5.41) is 24.3. The largest absolute Gasteiger partial charge is 0.481 e. The molecule has 0 unspecified atom stereocenters. The highest BCUT2D eigenvalue weighted by molar-refractivity contribution is 5.91. The van der Waals surface area contributed by atoms with E-state index in [4.69, 9.17) is 0 Å². The maximum atomic E-state index is 13.4. The molecule has 35 heavy (non-hydrogen) atoms. The van der Waals surface area contributed by atoms with Crippen molar-refractivity contribution in [3.63, 3.8) is 0 Å². The molecule has 0 aliphatic rings. The number of hydrogen-bond acceptors (Lipinski definition) is 5. The van der Waals surface area contributed by atoms with Crippen molar-refractivity contribution in [3.8, 4) is 0 Å². The van der Waals surface area contributed by atoms with Crippen LogP contribution in [0.3, 0.4) is 0 Å². The molecule has 1 aromatic carbocycles. The summed E-state index contributed by atoms with van der Waals surface area (Å²) in [5.41, 5.74) is 0.386. The summed E-state index contributed by atoms with van der Waals surface area (Å²) in [4.78, 5) is 50.8. The van der Waals surface area contributed by atoms with Crippen molar-refractivity contribution in [1.82, 2.24) is 15.5 Å². The van der Waals surface area contributed by atoms with Gasteiger partial charge in [0.15, 0.2) is 0 Å². The van der Waals surface area contributed by atoms with Crippen LogP contribution in [0.5, 0.6) is 0 Å². The first-order chi connectivity index (χ1) is 16.2. The summed E-state index contributed by atoms with van der Waals surface area (Å²) in [5.74, 6) is -3.21. The van der Waals surface area contributed by atoms with E-state index in [1.165, 1.54) is 24.9 Å². The van der Waals surface area contributed by atoms with Gasteiger partial charge in [0, 0.05) is 24.5 Å². The summed E-state index contributed by atoms with van der Waals surface area (Å²) in [6.07, 6.45) is 1.09. The molecule has 0 aromatic heterocycles. The number of nitrogens with one attached hydrogen (secondary N) is 2. The number of rotatable bonds is 13. The molecule has 0 spiro atoms. The Morgan fingerprint density at radius 3 is 2.11 bits per heavy atom. The molecule has 1 rings (SSSR count). The van der Waals surface area contributed by atoms with E-state index in [1.54, 1.807) is 7.05 Å². The second-order valence-electron chi connectivity index (χ2n) is 9.64. The van der Waals surface area contributed by atoms with Crippen molar-refractivity contribution in [2.45, 2.75) is 71.0 Å². The highest BCUT2D eigenvalue weighted by Crippen LogP contribution is 2.27. The van der Waals surface area contributed by atoms with Crippen molar-refractivity contribution in [1.29, 1.82) is 0 Å². The molecule has 0 aliphatic carbocycles. The van der Waals surface area contributed by atoms with Gasteiger partial charge in [-0.3, -0.25) is 14.4 Å². The van der Waals surface area contributed by atoms with E-state index in [1.807, 2.05) is 58.0 Å². The minimum Gasteiger partial charge on any atom is -0.481 e. The Bertz CT molecular complexity index is 926. The number of likely N-dealkylation sites (N-methyl/N-ethyl adjacent to an activating group) is 2. The molecule has 0 radical (unpaired) electrons. The molecule has 3 atom stereocenters. The number of hydrogen-bond donors (Lipinski definition) is 4. The number of carbonyl (C=O) groups excluding carboxylic acids is 2. The van der Waals surface area contributed by atoms with E-state index in [-0.39, 0.29) is 24.3 Å². The van der Waals surface area contributed by atoms with Crippen molar-refractivity contribution in [2.24, 2.45) is 5.92 Å². The van der Waals surface area contributed by atoms with E-state index in [2.05, 4.69) is 10.6 Å². The van der Waals surface area contributed by atoms with Crippen LogP contribution in [0, 0.1) is 5.92 Å². The first-order valence-corrected chi connectivity index (χ1v) is 11.7. The van der Waals surface area contributed by atoms with Gasteiger partial charge in [-0.2, -0.15) is 0 Å². The molecule has 0 aliphatic heterocycles. The number of carboxylic acids is 2. The van der Waals surface area contributed by atoms with Crippen LogP contribution in [-0.4, -0.2) is 71.1 Å². The van der Waals surface area contributed by atoms with Crippen LogP contribution in [0.25, 0.3) is 0 Å². The van der Waals surface area contributed by atoms with Crippen LogP contribution in [0.4, 0.5) is 0 Å². The smallest absolute Gasteiger partial charge is 0.331 e. The van der Waals surface area contributed by atoms with Gasteiger partial charge in [0.25, 0.3) is 0 Å². The molecule has 9 heteroatoms. The maximum absolute atomic E-state index is 13.4. The molecule has 2 amide bonds. The normalized spacial score (nSPS) is 14.7. The molecule has 1 aromatic rings. The van der Waals surface area contributed by atoms with Crippen molar-refractivity contribution in [2.75, 3.05) is 14.1 Å². The average Bonchev–Trinajstić information content (AvgIpc) is 2.79. The number of nitrogens with zero attached hydrogens (tertiary/aromatic N) is 1. The molecule has 0 saturated heterocycles. The van der Waals surface area contributed by atoms with Gasteiger partial charge in [-0.25, -0.2) is 4.79 Å². The zero-order chi connectivity index (χ0) is 26.9. The maximum Gasteiger partial charge on any atom is 0.331 e. The van der Waals surface area contributed by atoms with Gasteiger partial charge in [0.05, 0.1) is 12.1 Å². The van der Waals surface area contributed by atoms with Crippen LogP contribution < -0.4 is 10.6 Å². The van der Waals surface area contributed by atoms with Crippen LogP contribution in [-0.2, 0) is 24.6 Å². The molecule has 0 bridgehead atoms. The molecule has 0 saturated carbocycles. The van der Waals surface area contributed by atoms with E-state index < -0.39 is 47.3 Å². The topological polar surface area (TPSA) is 136 Å². The Kier molecular flexibility index (Phi) is 11.1. The summed E-state index contributed by atoms with van der Waals surface area (Å²) in [6, 6.07) is 7.14. The number of aliphatic carboxylic acids is 2. The quantitative estimate of drug-likeness (QED) is 0.312. The van der Waals surface area contributed by atoms with Gasteiger partial charge >= 0.3 is 11.9 Å².